The Balaban J connectivity index is 2.21. The third-order valence-electron chi connectivity index (χ3n) is 3.38. The second-order valence-corrected chi connectivity index (χ2v) is 5.25. The van der Waals surface area contributed by atoms with Crippen LogP contribution in [0.4, 0.5) is 4.79 Å². The SMILES string of the molecule is CC(C)C1C(=O)NC(=O)N(Cc2ccc(C#N)cc2)C1=O. The summed E-state index contributed by atoms with van der Waals surface area (Å²) in [6.45, 7) is 3.60. The van der Waals surface area contributed by atoms with E-state index in [4.69, 9.17) is 5.26 Å². The number of nitrogens with zero attached hydrogens (tertiary/aromatic N) is 2. The molecule has 1 saturated heterocycles. The molecule has 21 heavy (non-hydrogen) atoms. The van der Waals surface area contributed by atoms with Gasteiger partial charge in [-0.05, 0) is 23.6 Å². The van der Waals surface area contributed by atoms with Gasteiger partial charge in [0.05, 0.1) is 18.2 Å². The van der Waals surface area contributed by atoms with Crippen molar-refractivity contribution in [2.45, 2.75) is 20.4 Å². The number of urea groups is 1. The minimum absolute atomic E-state index is 0.0763. The van der Waals surface area contributed by atoms with Gasteiger partial charge in [-0.15, -0.1) is 0 Å². The van der Waals surface area contributed by atoms with E-state index in [1.54, 1.807) is 38.1 Å². The van der Waals surface area contributed by atoms with Crippen molar-refractivity contribution < 1.29 is 14.4 Å². The third-order valence-corrected chi connectivity index (χ3v) is 3.38. The average molecular weight is 285 g/mol. The van der Waals surface area contributed by atoms with Gasteiger partial charge in [0.1, 0.15) is 5.92 Å². The van der Waals surface area contributed by atoms with Gasteiger partial charge >= 0.3 is 6.03 Å². The number of amides is 4. The van der Waals surface area contributed by atoms with Crippen LogP contribution in [0.15, 0.2) is 24.3 Å². The number of imide groups is 2. The normalized spacial score (nSPS) is 18.7. The molecule has 1 aromatic rings. The molecule has 1 unspecified atom stereocenters. The minimum atomic E-state index is -0.846. The molecular weight excluding hydrogens is 270 g/mol. The quantitative estimate of drug-likeness (QED) is 0.850. The number of hydrogen-bond acceptors (Lipinski definition) is 4. The molecule has 108 valence electrons. The minimum Gasteiger partial charge on any atom is -0.277 e. The average Bonchev–Trinajstić information content (AvgIpc) is 2.43. The van der Waals surface area contributed by atoms with E-state index in [0.29, 0.717) is 11.1 Å². The third kappa shape index (κ3) is 2.92. The molecule has 0 bridgehead atoms. The molecule has 0 spiro atoms. The number of barbiturate groups is 1. The maximum absolute atomic E-state index is 12.3. The molecule has 1 aromatic carbocycles. The molecule has 1 aliphatic rings. The van der Waals surface area contributed by atoms with Crippen molar-refractivity contribution in [1.82, 2.24) is 10.2 Å². The van der Waals surface area contributed by atoms with E-state index in [9.17, 15) is 14.4 Å². The van der Waals surface area contributed by atoms with Crippen LogP contribution < -0.4 is 5.32 Å². The fourth-order valence-electron chi connectivity index (χ4n) is 2.24. The molecule has 1 fully saturated rings. The summed E-state index contributed by atoms with van der Waals surface area (Å²) < 4.78 is 0. The lowest BCUT2D eigenvalue weighted by atomic mass is 9.92. The highest BCUT2D eigenvalue weighted by Gasteiger charge is 2.41. The first kappa shape index (κ1) is 14.7. The fraction of sp³-hybridized carbons (Fsp3) is 0.333. The summed E-state index contributed by atoms with van der Waals surface area (Å²) >= 11 is 0. The van der Waals surface area contributed by atoms with Crippen molar-refractivity contribution in [3.63, 3.8) is 0 Å². The molecule has 0 radical (unpaired) electrons. The Morgan fingerprint density at radius 1 is 1.24 bits per heavy atom. The summed E-state index contributed by atoms with van der Waals surface area (Å²) in [6, 6.07) is 7.89. The summed E-state index contributed by atoms with van der Waals surface area (Å²) in [6.07, 6.45) is 0. The molecule has 0 aliphatic carbocycles. The van der Waals surface area contributed by atoms with Crippen LogP contribution in [0.5, 0.6) is 0 Å². The number of rotatable bonds is 3. The van der Waals surface area contributed by atoms with Crippen molar-refractivity contribution in [3.8, 4) is 6.07 Å². The summed E-state index contributed by atoms with van der Waals surface area (Å²) in [5.74, 6) is -2.06. The van der Waals surface area contributed by atoms with Crippen molar-refractivity contribution >= 4 is 17.8 Å². The Morgan fingerprint density at radius 3 is 2.38 bits per heavy atom. The largest absolute Gasteiger partial charge is 0.331 e. The van der Waals surface area contributed by atoms with Crippen LogP contribution in [-0.2, 0) is 16.1 Å². The van der Waals surface area contributed by atoms with Gasteiger partial charge in [0, 0.05) is 0 Å². The topological polar surface area (TPSA) is 90.3 Å². The molecule has 0 saturated carbocycles. The molecule has 1 N–H and O–H groups in total. The van der Waals surface area contributed by atoms with Crippen molar-refractivity contribution in [2.24, 2.45) is 11.8 Å². The second kappa shape index (κ2) is 5.75. The zero-order valence-corrected chi connectivity index (χ0v) is 11.8. The van der Waals surface area contributed by atoms with Crippen LogP contribution in [0, 0.1) is 23.2 Å². The van der Waals surface area contributed by atoms with Gasteiger partial charge in [-0.1, -0.05) is 26.0 Å². The molecule has 1 atom stereocenters. The molecular formula is C15H15N3O3. The van der Waals surface area contributed by atoms with Gasteiger partial charge in [0.25, 0.3) is 0 Å². The Kier molecular flexibility index (Phi) is 4.03. The van der Waals surface area contributed by atoms with Crippen LogP contribution in [-0.4, -0.2) is 22.7 Å². The number of nitrogens with one attached hydrogen (secondary N) is 1. The van der Waals surface area contributed by atoms with Crippen LogP contribution in [0.1, 0.15) is 25.0 Å². The Hall–Kier alpha value is -2.68. The van der Waals surface area contributed by atoms with Crippen molar-refractivity contribution in [3.05, 3.63) is 35.4 Å². The number of nitriles is 1. The van der Waals surface area contributed by atoms with E-state index in [1.807, 2.05) is 6.07 Å². The van der Waals surface area contributed by atoms with Gasteiger partial charge < -0.3 is 0 Å². The zero-order chi connectivity index (χ0) is 15.6. The monoisotopic (exact) mass is 285 g/mol. The van der Waals surface area contributed by atoms with Crippen molar-refractivity contribution in [1.29, 1.82) is 5.26 Å². The fourth-order valence-corrected chi connectivity index (χ4v) is 2.24. The molecule has 1 heterocycles. The molecule has 6 heteroatoms. The van der Waals surface area contributed by atoms with E-state index < -0.39 is 23.8 Å². The van der Waals surface area contributed by atoms with E-state index >= 15 is 0 Å². The first-order valence-electron chi connectivity index (χ1n) is 6.59. The predicted molar refractivity (Wildman–Crippen MR) is 73.6 cm³/mol. The molecule has 2 rings (SSSR count). The maximum atomic E-state index is 12.3. The molecule has 4 amide bonds. The van der Waals surface area contributed by atoms with Crippen LogP contribution >= 0.6 is 0 Å². The van der Waals surface area contributed by atoms with Crippen LogP contribution in [0.25, 0.3) is 0 Å². The number of carbonyl (C=O) groups excluding carboxylic acids is 3. The predicted octanol–water partition coefficient (Wildman–Crippen LogP) is 1.41. The highest BCUT2D eigenvalue weighted by molar-refractivity contribution is 6.16. The first-order chi connectivity index (χ1) is 9.93. The lowest BCUT2D eigenvalue weighted by molar-refractivity contribution is -0.144. The molecule has 1 aliphatic heterocycles. The van der Waals surface area contributed by atoms with E-state index in [1.165, 1.54) is 0 Å². The standard InChI is InChI=1S/C15H15N3O3/c1-9(2)12-13(19)17-15(21)18(14(12)20)8-11-5-3-10(7-16)4-6-11/h3-6,9,12H,8H2,1-2H3,(H,17,19,21). The summed E-state index contributed by atoms with van der Waals surface area (Å²) in [4.78, 5) is 36.9. The van der Waals surface area contributed by atoms with Gasteiger partial charge in [-0.2, -0.15) is 5.26 Å². The maximum Gasteiger partial charge on any atom is 0.331 e. The molecule has 0 aromatic heterocycles. The Labute approximate surface area is 122 Å². The van der Waals surface area contributed by atoms with E-state index in [-0.39, 0.29) is 12.5 Å². The second-order valence-electron chi connectivity index (χ2n) is 5.25. The van der Waals surface area contributed by atoms with E-state index in [2.05, 4.69) is 5.32 Å². The highest BCUT2D eigenvalue weighted by Crippen LogP contribution is 2.20. The Bertz CT molecular complexity index is 629. The van der Waals surface area contributed by atoms with Crippen LogP contribution in [0.2, 0.25) is 0 Å². The molecule has 6 nitrogen and oxygen atoms in total. The number of hydrogen-bond donors (Lipinski definition) is 1. The lowest BCUT2D eigenvalue weighted by Crippen LogP contribution is -2.58. The van der Waals surface area contributed by atoms with Gasteiger partial charge in [0.2, 0.25) is 11.8 Å². The summed E-state index contributed by atoms with van der Waals surface area (Å²) in [5.41, 5.74) is 1.22. The first-order valence-corrected chi connectivity index (χ1v) is 6.59. The zero-order valence-electron chi connectivity index (χ0n) is 11.8. The number of benzene rings is 1. The number of carbonyl (C=O) groups is 3. The summed E-state index contributed by atoms with van der Waals surface area (Å²) in [5, 5.41) is 11.0. The van der Waals surface area contributed by atoms with Crippen LogP contribution in [0.3, 0.4) is 0 Å². The van der Waals surface area contributed by atoms with Crippen molar-refractivity contribution in [2.75, 3.05) is 0 Å². The summed E-state index contributed by atoms with van der Waals surface area (Å²) in [7, 11) is 0. The Morgan fingerprint density at radius 2 is 1.86 bits per heavy atom. The van der Waals surface area contributed by atoms with E-state index in [0.717, 1.165) is 4.90 Å². The van der Waals surface area contributed by atoms with Gasteiger partial charge in [0.15, 0.2) is 0 Å². The lowest BCUT2D eigenvalue weighted by Gasteiger charge is -2.31. The van der Waals surface area contributed by atoms with Gasteiger partial charge in [-0.25, -0.2) is 4.79 Å². The highest BCUT2D eigenvalue weighted by atomic mass is 16.2. The smallest absolute Gasteiger partial charge is 0.277 e. The van der Waals surface area contributed by atoms with Gasteiger partial charge in [-0.3, -0.25) is 19.8 Å².